The van der Waals surface area contributed by atoms with Crippen molar-refractivity contribution in [3.05, 3.63) is 65.9 Å². The van der Waals surface area contributed by atoms with Gasteiger partial charge in [0.2, 0.25) is 0 Å². The summed E-state index contributed by atoms with van der Waals surface area (Å²) in [5.74, 6) is 1.79. The molecule has 0 spiro atoms. The second kappa shape index (κ2) is 7.75. The van der Waals surface area contributed by atoms with Crippen molar-refractivity contribution in [2.45, 2.75) is 26.2 Å². The third kappa shape index (κ3) is 4.05. The number of hydrogen-bond acceptors (Lipinski definition) is 2. The first-order valence-corrected chi connectivity index (χ1v) is 9.04. The maximum absolute atomic E-state index is 6.13. The normalized spacial score (nSPS) is 12.7. The van der Waals surface area contributed by atoms with Gasteiger partial charge >= 0.3 is 0 Å². The molecule has 0 aliphatic carbocycles. The first-order chi connectivity index (χ1) is 12.1. The molecule has 1 aromatic heterocycles. The van der Waals surface area contributed by atoms with E-state index in [1.807, 2.05) is 0 Å². The molecule has 0 aliphatic rings. The summed E-state index contributed by atoms with van der Waals surface area (Å²) >= 11 is 0. The molecule has 2 N–H and O–H groups in total. The standard InChI is InChI=1S/C22H28N2O/c1-16(2)15-25-19-10-8-17(9-11-19)12-18(13-23)21-14-24(3)22-7-5-4-6-20(21)22/h4-11,14,16,18H,12-13,15,23H2,1-3H3. The first-order valence-electron chi connectivity index (χ1n) is 9.04. The minimum absolute atomic E-state index is 0.313. The van der Waals surface area contributed by atoms with Gasteiger partial charge in [0, 0.05) is 30.1 Å². The van der Waals surface area contributed by atoms with E-state index in [2.05, 4.69) is 80.2 Å². The average molecular weight is 336 g/mol. The fraction of sp³-hybridized carbons (Fsp3) is 0.364. The molecule has 132 valence electrons. The van der Waals surface area contributed by atoms with E-state index >= 15 is 0 Å². The number of benzene rings is 2. The Balaban J connectivity index is 1.78. The van der Waals surface area contributed by atoms with Crippen molar-refractivity contribution in [1.82, 2.24) is 4.57 Å². The molecule has 3 nitrogen and oxygen atoms in total. The molecule has 3 heteroatoms. The molecular weight excluding hydrogens is 308 g/mol. The predicted molar refractivity (Wildman–Crippen MR) is 105 cm³/mol. The smallest absolute Gasteiger partial charge is 0.119 e. The van der Waals surface area contributed by atoms with Gasteiger partial charge in [-0.15, -0.1) is 0 Å². The zero-order chi connectivity index (χ0) is 17.8. The van der Waals surface area contributed by atoms with Gasteiger partial charge in [0.05, 0.1) is 6.61 Å². The molecule has 0 amide bonds. The fourth-order valence-corrected chi connectivity index (χ4v) is 3.29. The molecule has 0 bridgehead atoms. The lowest BCUT2D eigenvalue weighted by molar-refractivity contribution is 0.271. The van der Waals surface area contributed by atoms with Gasteiger partial charge in [0.1, 0.15) is 5.75 Å². The Bertz CT molecular complexity index is 818. The molecule has 25 heavy (non-hydrogen) atoms. The highest BCUT2D eigenvalue weighted by molar-refractivity contribution is 5.84. The van der Waals surface area contributed by atoms with Crippen LogP contribution in [-0.2, 0) is 13.5 Å². The van der Waals surface area contributed by atoms with Crippen LogP contribution < -0.4 is 10.5 Å². The number of nitrogens with zero attached hydrogens (tertiary/aromatic N) is 1. The van der Waals surface area contributed by atoms with Crippen molar-refractivity contribution in [2.24, 2.45) is 18.7 Å². The number of rotatable bonds is 7. The van der Waals surface area contributed by atoms with E-state index in [-0.39, 0.29) is 0 Å². The van der Waals surface area contributed by atoms with Crippen LogP contribution in [0.5, 0.6) is 5.75 Å². The van der Waals surface area contributed by atoms with Gasteiger partial charge in [-0.25, -0.2) is 0 Å². The molecule has 0 radical (unpaired) electrons. The molecule has 0 saturated heterocycles. The van der Waals surface area contributed by atoms with Crippen molar-refractivity contribution in [2.75, 3.05) is 13.2 Å². The number of aryl methyl sites for hydroxylation is 1. The number of hydrogen-bond donors (Lipinski definition) is 1. The molecular formula is C22H28N2O. The quantitative estimate of drug-likeness (QED) is 0.690. The summed E-state index contributed by atoms with van der Waals surface area (Å²) in [6.07, 6.45) is 3.16. The molecule has 0 saturated carbocycles. The Morgan fingerprint density at radius 2 is 1.76 bits per heavy atom. The third-order valence-electron chi connectivity index (χ3n) is 4.64. The monoisotopic (exact) mass is 336 g/mol. The van der Waals surface area contributed by atoms with Crippen LogP contribution in [0.25, 0.3) is 10.9 Å². The van der Waals surface area contributed by atoms with E-state index < -0.39 is 0 Å². The molecule has 1 atom stereocenters. The number of aromatic nitrogens is 1. The lowest BCUT2D eigenvalue weighted by Gasteiger charge is -2.15. The minimum Gasteiger partial charge on any atom is -0.493 e. The average Bonchev–Trinajstić information content (AvgIpc) is 2.96. The summed E-state index contributed by atoms with van der Waals surface area (Å²) in [6, 6.07) is 17.0. The highest BCUT2D eigenvalue weighted by Gasteiger charge is 2.16. The van der Waals surface area contributed by atoms with Gasteiger partial charge in [-0.2, -0.15) is 0 Å². The summed E-state index contributed by atoms with van der Waals surface area (Å²) in [5, 5.41) is 1.30. The van der Waals surface area contributed by atoms with Crippen LogP contribution in [0, 0.1) is 5.92 Å². The molecule has 1 unspecified atom stereocenters. The van der Waals surface area contributed by atoms with Gasteiger partial charge in [-0.3, -0.25) is 0 Å². The van der Waals surface area contributed by atoms with Gasteiger partial charge in [0.25, 0.3) is 0 Å². The summed E-state index contributed by atoms with van der Waals surface area (Å²) in [5.41, 5.74) is 10.0. The van der Waals surface area contributed by atoms with Gasteiger partial charge in [0.15, 0.2) is 0 Å². The number of fused-ring (bicyclic) bond motifs is 1. The van der Waals surface area contributed by atoms with Crippen LogP contribution in [0.4, 0.5) is 0 Å². The maximum atomic E-state index is 6.13. The number of nitrogens with two attached hydrogens (primary N) is 1. The van der Waals surface area contributed by atoms with E-state index in [1.54, 1.807) is 0 Å². The zero-order valence-electron chi connectivity index (χ0n) is 15.4. The van der Waals surface area contributed by atoms with Gasteiger partial charge < -0.3 is 15.0 Å². The largest absolute Gasteiger partial charge is 0.493 e. The summed E-state index contributed by atoms with van der Waals surface area (Å²) in [4.78, 5) is 0. The number of ether oxygens (including phenoxy) is 1. The van der Waals surface area contributed by atoms with Crippen LogP contribution in [0.2, 0.25) is 0 Å². The Hall–Kier alpha value is -2.26. The van der Waals surface area contributed by atoms with E-state index in [1.165, 1.54) is 22.0 Å². The van der Waals surface area contributed by atoms with Crippen LogP contribution in [0.3, 0.4) is 0 Å². The zero-order valence-corrected chi connectivity index (χ0v) is 15.4. The molecule has 3 rings (SSSR count). The Labute approximate surface area is 150 Å². The van der Waals surface area contributed by atoms with Crippen molar-refractivity contribution >= 4 is 10.9 Å². The van der Waals surface area contributed by atoms with Crippen LogP contribution in [0.1, 0.15) is 30.9 Å². The van der Waals surface area contributed by atoms with Gasteiger partial charge in [-0.05, 0) is 48.2 Å². The van der Waals surface area contributed by atoms with Crippen LogP contribution >= 0.6 is 0 Å². The Morgan fingerprint density at radius 1 is 1.04 bits per heavy atom. The summed E-state index contributed by atoms with van der Waals surface area (Å²) in [6.45, 7) is 5.70. The Morgan fingerprint density at radius 3 is 2.44 bits per heavy atom. The van der Waals surface area contributed by atoms with E-state index in [9.17, 15) is 0 Å². The second-order valence-corrected chi connectivity index (χ2v) is 7.20. The highest BCUT2D eigenvalue weighted by Crippen LogP contribution is 2.29. The highest BCUT2D eigenvalue weighted by atomic mass is 16.5. The summed E-state index contributed by atoms with van der Waals surface area (Å²) in [7, 11) is 2.10. The Kier molecular flexibility index (Phi) is 5.44. The number of para-hydroxylation sites is 1. The SMILES string of the molecule is CC(C)COc1ccc(CC(CN)c2cn(C)c3ccccc23)cc1. The predicted octanol–water partition coefficient (Wildman–Crippen LogP) is 4.50. The van der Waals surface area contributed by atoms with E-state index in [0.29, 0.717) is 18.4 Å². The third-order valence-corrected chi connectivity index (χ3v) is 4.64. The lowest BCUT2D eigenvalue weighted by Crippen LogP contribution is -2.15. The van der Waals surface area contributed by atoms with Crippen molar-refractivity contribution < 1.29 is 4.74 Å². The molecule has 0 aliphatic heterocycles. The van der Waals surface area contributed by atoms with Crippen LogP contribution in [-0.4, -0.2) is 17.7 Å². The minimum atomic E-state index is 0.313. The maximum Gasteiger partial charge on any atom is 0.119 e. The van der Waals surface area contributed by atoms with E-state index in [0.717, 1.165) is 18.8 Å². The molecule has 0 fully saturated rings. The topological polar surface area (TPSA) is 40.2 Å². The summed E-state index contributed by atoms with van der Waals surface area (Å²) < 4.78 is 7.96. The van der Waals surface area contributed by atoms with Crippen LogP contribution in [0.15, 0.2) is 54.7 Å². The molecule has 1 heterocycles. The van der Waals surface area contributed by atoms with Crippen molar-refractivity contribution in [1.29, 1.82) is 0 Å². The first kappa shape index (κ1) is 17.6. The van der Waals surface area contributed by atoms with Gasteiger partial charge in [-0.1, -0.05) is 44.2 Å². The van der Waals surface area contributed by atoms with E-state index in [4.69, 9.17) is 10.5 Å². The molecule has 2 aromatic carbocycles. The second-order valence-electron chi connectivity index (χ2n) is 7.20. The van der Waals surface area contributed by atoms with Crippen molar-refractivity contribution in [3.63, 3.8) is 0 Å². The fourth-order valence-electron chi connectivity index (χ4n) is 3.29. The lowest BCUT2D eigenvalue weighted by atomic mass is 9.92. The van der Waals surface area contributed by atoms with Crippen molar-refractivity contribution in [3.8, 4) is 5.75 Å². The molecule has 3 aromatic rings.